The van der Waals surface area contributed by atoms with Crippen LogP contribution in [0.4, 0.5) is 0 Å². The minimum Gasteiger partial charge on any atom is -0.329 e. The van der Waals surface area contributed by atoms with E-state index in [2.05, 4.69) is 30.9 Å². The molecule has 2 aromatic rings. The Bertz CT molecular complexity index is 497. The highest BCUT2D eigenvalue weighted by molar-refractivity contribution is 9.10. The summed E-state index contributed by atoms with van der Waals surface area (Å²) >= 11 is 4.92. The molecular formula is C10H11BrN4S. The Kier molecular flexibility index (Phi) is 3.60. The standard InChI is InChI=1S/C10H11BrN4S/c1-3-8-13-7(11)6-9(14-8)16-10-12-4-5-15(10)2/h4-6H,3H2,1-2H3. The molecule has 0 spiro atoms. The van der Waals surface area contributed by atoms with Crippen LogP contribution >= 0.6 is 27.7 Å². The van der Waals surface area contributed by atoms with E-state index in [1.54, 1.807) is 6.20 Å². The van der Waals surface area contributed by atoms with Gasteiger partial charge in [0.05, 0.1) is 0 Å². The number of aromatic nitrogens is 4. The molecule has 2 heterocycles. The van der Waals surface area contributed by atoms with E-state index in [1.165, 1.54) is 11.8 Å². The van der Waals surface area contributed by atoms with Gasteiger partial charge in [-0.25, -0.2) is 15.0 Å². The van der Waals surface area contributed by atoms with Gasteiger partial charge in [-0.3, -0.25) is 0 Å². The van der Waals surface area contributed by atoms with Crippen molar-refractivity contribution < 1.29 is 0 Å². The second-order valence-electron chi connectivity index (χ2n) is 3.22. The van der Waals surface area contributed by atoms with Crippen LogP contribution in [-0.4, -0.2) is 19.5 Å². The molecule has 0 atom stereocenters. The number of rotatable bonds is 3. The van der Waals surface area contributed by atoms with E-state index in [0.29, 0.717) is 0 Å². The summed E-state index contributed by atoms with van der Waals surface area (Å²) in [6.07, 6.45) is 4.52. The summed E-state index contributed by atoms with van der Waals surface area (Å²) in [5.41, 5.74) is 0. The van der Waals surface area contributed by atoms with Gasteiger partial charge in [0.1, 0.15) is 15.5 Å². The lowest BCUT2D eigenvalue weighted by Gasteiger charge is -2.03. The molecule has 0 radical (unpaired) electrons. The predicted molar refractivity (Wildman–Crippen MR) is 66.4 cm³/mol. The van der Waals surface area contributed by atoms with E-state index in [9.17, 15) is 0 Å². The van der Waals surface area contributed by atoms with Gasteiger partial charge in [0.2, 0.25) is 0 Å². The molecule has 0 aliphatic rings. The fourth-order valence-electron chi connectivity index (χ4n) is 1.20. The van der Waals surface area contributed by atoms with Crippen molar-refractivity contribution in [3.8, 4) is 0 Å². The van der Waals surface area contributed by atoms with Crippen molar-refractivity contribution in [2.75, 3.05) is 0 Å². The van der Waals surface area contributed by atoms with Crippen molar-refractivity contribution in [3.63, 3.8) is 0 Å². The molecule has 84 valence electrons. The number of hydrogen-bond donors (Lipinski definition) is 0. The molecular weight excluding hydrogens is 288 g/mol. The van der Waals surface area contributed by atoms with Gasteiger partial charge in [0, 0.05) is 31.9 Å². The molecule has 0 amide bonds. The Balaban J connectivity index is 2.28. The molecule has 2 aromatic heterocycles. The SMILES string of the molecule is CCc1nc(Br)cc(Sc2nccn2C)n1. The van der Waals surface area contributed by atoms with E-state index < -0.39 is 0 Å². The predicted octanol–water partition coefficient (Wildman–Crippen LogP) is 2.69. The Morgan fingerprint density at radius 2 is 2.25 bits per heavy atom. The van der Waals surface area contributed by atoms with Gasteiger partial charge >= 0.3 is 0 Å². The summed E-state index contributed by atoms with van der Waals surface area (Å²) < 4.78 is 2.78. The highest BCUT2D eigenvalue weighted by Crippen LogP contribution is 2.25. The van der Waals surface area contributed by atoms with E-state index in [0.717, 1.165) is 27.0 Å². The molecule has 4 nitrogen and oxygen atoms in total. The fraction of sp³-hybridized carbons (Fsp3) is 0.300. The Labute approximate surface area is 107 Å². The van der Waals surface area contributed by atoms with E-state index in [-0.39, 0.29) is 0 Å². The van der Waals surface area contributed by atoms with Crippen LogP contribution in [-0.2, 0) is 13.5 Å². The second kappa shape index (κ2) is 4.97. The summed E-state index contributed by atoms with van der Waals surface area (Å²) in [6.45, 7) is 2.04. The van der Waals surface area contributed by atoms with Gasteiger partial charge in [-0.1, -0.05) is 6.92 Å². The first-order chi connectivity index (χ1) is 7.69. The first-order valence-corrected chi connectivity index (χ1v) is 6.48. The zero-order chi connectivity index (χ0) is 11.5. The first-order valence-electron chi connectivity index (χ1n) is 4.87. The van der Waals surface area contributed by atoms with Crippen molar-refractivity contribution >= 4 is 27.7 Å². The van der Waals surface area contributed by atoms with Crippen LogP contribution in [0.3, 0.4) is 0 Å². The number of nitrogens with zero attached hydrogens (tertiary/aromatic N) is 4. The lowest BCUT2D eigenvalue weighted by molar-refractivity contribution is 0.786. The van der Waals surface area contributed by atoms with Gasteiger partial charge in [0.15, 0.2) is 5.16 Å². The van der Waals surface area contributed by atoms with Crippen LogP contribution in [0.1, 0.15) is 12.7 Å². The van der Waals surface area contributed by atoms with Crippen molar-refractivity contribution in [1.82, 2.24) is 19.5 Å². The molecule has 0 aliphatic heterocycles. The molecule has 0 bridgehead atoms. The van der Waals surface area contributed by atoms with Gasteiger partial charge in [-0.2, -0.15) is 0 Å². The Morgan fingerprint density at radius 1 is 1.44 bits per heavy atom. The maximum absolute atomic E-state index is 4.44. The first kappa shape index (κ1) is 11.6. The monoisotopic (exact) mass is 298 g/mol. The van der Waals surface area contributed by atoms with Crippen LogP contribution in [0, 0.1) is 0 Å². The Morgan fingerprint density at radius 3 is 2.88 bits per heavy atom. The molecule has 0 fully saturated rings. The van der Waals surface area contributed by atoms with Crippen LogP contribution in [0.5, 0.6) is 0 Å². The minimum atomic E-state index is 0.816. The van der Waals surface area contributed by atoms with E-state index in [4.69, 9.17) is 0 Å². The van der Waals surface area contributed by atoms with Gasteiger partial charge < -0.3 is 4.57 Å². The molecule has 0 N–H and O–H groups in total. The number of halogens is 1. The second-order valence-corrected chi connectivity index (χ2v) is 5.02. The topological polar surface area (TPSA) is 43.6 Å². The van der Waals surface area contributed by atoms with E-state index in [1.807, 2.05) is 30.8 Å². The molecule has 6 heteroatoms. The van der Waals surface area contributed by atoms with Crippen molar-refractivity contribution in [2.24, 2.45) is 7.05 Å². The zero-order valence-corrected chi connectivity index (χ0v) is 11.4. The van der Waals surface area contributed by atoms with Crippen molar-refractivity contribution in [1.29, 1.82) is 0 Å². The molecule has 0 aliphatic carbocycles. The number of hydrogen-bond acceptors (Lipinski definition) is 4. The summed E-state index contributed by atoms with van der Waals surface area (Å²) in [4.78, 5) is 13.0. The largest absolute Gasteiger partial charge is 0.329 e. The summed E-state index contributed by atoms with van der Waals surface area (Å²) in [7, 11) is 1.96. The lowest BCUT2D eigenvalue weighted by atomic mass is 10.4. The highest BCUT2D eigenvalue weighted by atomic mass is 79.9. The molecule has 16 heavy (non-hydrogen) atoms. The van der Waals surface area contributed by atoms with Gasteiger partial charge in [-0.15, -0.1) is 0 Å². The molecule has 0 unspecified atom stereocenters. The van der Waals surface area contributed by atoms with Crippen molar-refractivity contribution in [3.05, 3.63) is 28.9 Å². The summed E-state index contributed by atoms with van der Waals surface area (Å²) in [5.74, 6) is 0.839. The average Bonchev–Trinajstić information content (AvgIpc) is 2.63. The quantitative estimate of drug-likeness (QED) is 0.817. The molecule has 0 aromatic carbocycles. The highest BCUT2D eigenvalue weighted by Gasteiger charge is 2.06. The minimum absolute atomic E-state index is 0.816. The summed E-state index contributed by atoms with van der Waals surface area (Å²) in [6, 6.07) is 1.90. The van der Waals surface area contributed by atoms with Crippen molar-refractivity contribution in [2.45, 2.75) is 23.5 Å². The smallest absolute Gasteiger partial charge is 0.174 e. The Hall–Kier alpha value is -0.880. The molecule has 0 saturated heterocycles. The van der Waals surface area contributed by atoms with E-state index >= 15 is 0 Å². The maximum atomic E-state index is 4.44. The molecule has 2 rings (SSSR count). The van der Waals surface area contributed by atoms with Crippen LogP contribution < -0.4 is 0 Å². The van der Waals surface area contributed by atoms with Crippen LogP contribution in [0.2, 0.25) is 0 Å². The van der Waals surface area contributed by atoms with Gasteiger partial charge in [0.25, 0.3) is 0 Å². The normalized spacial score (nSPS) is 10.7. The average molecular weight is 299 g/mol. The molecule has 0 saturated carbocycles. The number of imidazole rings is 1. The summed E-state index contributed by atoms with van der Waals surface area (Å²) in [5, 5.41) is 1.83. The lowest BCUT2D eigenvalue weighted by Crippen LogP contribution is -1.96. The zero-order valence-electron chi connectivity index (χ0n) is 9.01. The maximum Gasteiger partial charge on any atom is 0.174 e. The number of aryl methyl sites for hydroxylation is 2. The fourth-order valence-corrected chi connectivity index (χ4v) is 2.60. The van der Waals surface area contributed by atoms with Crippen LogP contribution in [0.25, 0.3) is 0 Å². The van der Waals surface area contributed by atoms with Gasteiger partial charge in [-0.05, 0) is 27.7 Å². The third-order valence-electron chi connectivity index (χ3n) is 2.01. The van der Waals surface area contributed by atoms with Crippen LogP contribution in [0.15, 0.2) is 33.2 Å². The third kappa shape index (κ3) is 2.62. The third-order valence-corrected chi connectivity index (χ3v) is 3.41.